The molecule has 1 aromatic carbocycles. The van der Waals surface area contributed by atoms with E-state index >= 15 is 0 Å². The minimum absolute atomic E-state index is 0.354. The molecule has 0 aliphatic rings. The van der Waals surface area contributed by atoms with Gasteiger partial charge in [0.1, 0.15) is 6.07 Å². The second kappa shape index (κ2) is 4.00. The van der Waals surface area contributed by atoms with Gasteiger partial charge in [-0.15, -0.1) is 0 Å². The van der Waals surface area contributed by atoms with Crippen molar-refractivity contribution in [3.63, 3.8) is 0 Å². The Morgan fingerprint density at radius 3 is 2.31 bits per heavy atom. The highest BCUT2D eigenvalue weighted by Crippen LogP contribution is 2.24. The number of benzene rings is 1. The highest BCUT2D eigenvalue weighted by Gasteiger charge is 2.23. The van der Waals surface area contributed by atoms with Crippen LogP contribution in [0.5, 0.6) is 0 Å². The first kappa shape index (κ1) is 10.4. The van der Waals surface area contributed by atoms with Crippen molar-refractivity contribution < 1.29 is 0 Å². The summed E-state index contributed by atoms with van der Waals surface area (Å²) < 4.78 is -1.31. The van der Waals surface area contributed by atoms with E-state index in [9.17, 15) is 0 Å². The highest BCUT2D eigenvalue weighted by atomic mass is 35.5. The molecule has 0 N–H and O–H groups in total. The Kier molecular flexibility index (Phi) is 3.19. The lowest BCUT2D eigenvalue weighted by atomic mass is 10.1. The van der Waals surface area contributed by atoms with E-state index in [1.807, 2.05) is 37.3 Å². The molecule has 1 nitrogen and oxygen atoms in total. The third-order valence-corrected chi connectivity index (χ3v) is 2.15. The van der Waals surface area contributed by atoms with Crippen LogP contribution >= 0.6 is 23.2 Å². The Bertz CT molecular complexity index is 322. The molecule has 0 unspecified atom stereocenters. The summed E-state index contributed by atoms with van der Waals surface area (Å²) in [6.07, 6.45) is 0.354. The summed E-state index contributed by atoms with van der Waals surface area (Å²) in [4.78, 5) is 0. The van der Waals surface area contributed by atoms with Crippen molar-refractivity contribution >= 4 is 23.2 Å². The Morgan fingerprint density at radius 2 is 1.85 bits per heavy atom. The van der Waals surface area contributed by atoms with Crippen LogP contribution in [0.15, 0.2) is 24.3 Å². The van der Waals surface area contributed by atoms with Gasteiger partial charge in [0.25, 0.3) is 0 Å². The SMILES string of the molecule is Cc1ccc(CC(Cl)(Cl)C#N)cc1. The van der Waals surface area contributed by atoms with E-state index < -0.39 is 4.33 Å². The Balaban J connectivity index is 2.77. The van der Waals surface area contributed by atoms with Gasteiger partial charge >= 0.3 is 0 Å². The minimum atomic E-state index is -1.31. The van der Waals surface area contributed by atoms with E-state index in [1.165, 1.54) is 5.56 Å². The summed E-state index contributed by atoms with van der Waals surface area (Å²) in [5.41, 5.74) is 2.15. The number of hydrogen-bond acceptors (Lipinski definition) is 1. The van der Waals surface area contributed by atoms with Crippen molar-refractivity contribution in [1.29, 1.82) is 5.26 Å². The predicted octanol–water partition coefficient (Wildman–Crippen LogP) is 3.24. The number of aryl methyl sites for hydroxylation is 1. The quantitative estimate of drug-likeness (QED) is 0.693. The lowest BCUT2D eigenvalue weighted by Gasteiger charge is -2.09. The first-order valence-corrected chi connectivity index (χ1v) is 4.64. The van der Waals surface area contributed by atoms with Crippen molar-refractivity contribution in [2.75, 3.05) is 0 Å². The summed E-state index contributed by atoms with van der Waals surface area (Å²) >= 11 is 11.4. The molecule has 0 heterocycles. The lowest BCUT2D eigenvalue weighted by molar-refractivity contribution is 0.945. The Hall–Kier alpha value is -0.710. The molecule has 0 fully saturated rings. The van der Waals surface area contributed by atoms with Gasteiger partial charge in [-0.3, -0.25) is 0 Å². The number of nitriles is 1. The zero-order chi connectivity index (χ0) is 9.90. The lowest BCUT2D eigenvalue weighted by Crippen LogP contribution is -2.12. The number of rotatable bonds is 2. The highest BCUT2D eigenvalue weighted by molar-refractivity contribution is 6.50. The van der Waals surface area contributed by atoms with Crippen LogP contribution in [0.2, 0.25) is 0 Å². The molecule has 1 aromatic rings. The van der Waals surface area contributed by atoms with E-state index in [0.29, 0.717) is 6.42 Å². The van der Waals surface area contributed by atoms with E-state index in [4.69, 9.17) is 28.5 Å². The average Bonchev–Trinajstić information content (AvgIpc) is 2.09. The first-order valence-electron chi connectivity index (χ1n) is 3.88. The van der Waals surface area contributed by atoms with E-state index in [2.05, 4.69) is 0 Å². The van der Waals surface area contributed by atoms with Gasteiger partial charge in [-0.2, -0.15) is 5.26 Å². The van der Waals surface area contributed by atoms with Crippen LogP contribution in [0.4, 0.5) is 0 Å². The van der Waals surface area contributed by atoms with Crippen molar-refractivity contribution in [3.8, 4) is 6.07 Å². The molecule has 0 spiro atoms. The zero-order valence-corrected chi connectivity index (χ0v) is 8.73. The maximum absolute atomic E-state index is 8.60. The van der Waals surface area contributed by atoms with E-state index in [0.717, 1.165) is 5.56 Å². The van der Waals surface area contributed by atoms with E-state index in [1.54, 1.807) is 0 Å². The number of hydrogen-bond donors (Lipinski definition) is 0. The van der Waals surface area contributed by atoms with Gasteiger partial charge in [0, 0.05) is 6.42 Å². The van der Waals surface area contributed by atoms with Gasteiger partial charge in [0.05, 0.1) is 0 Å². The Labute approximate surface area is 87.9 Å². The minimum Gasteiger partial charge on any atom is -0.195 e. The fraction of sp³-hybridized carbons (Fsp3) is 0.300. The molecular formula is C10H9Cl2N. The van der Waals surface area contributed by atoms with Gasteiger partial charge in [-0.05, 0) is 12.5 Å². The monoisotopic (exact) mass is 213 g/mol. The van der Waals surface area contributed by atoms with Gasteiger partial charge in [-0.1, -0.05) is 53.0 Å². The number of alkyl halides is 2. The fourth-order valence-corrected chi connectivity index (χ4v) is 1.31. The van der Waals surface area contributed by atoms with E-state index in [-0.39, 0.29) is 0 Å². The summed E-state index contributed by atoms with van der Waals surface area (Å²) in [6.45, 7) is 2.00. The van der Waals surface area contributed by atoms with Crippen LogP contribution < -0.4 is 0 Å². The summed E-state index contributed by atoms with van der Waals surface area (Å²) in [5.74, 6) is 0. The van der Waals surface area contributed by atoms with Gasteiger partial charge in [-0.25, -0.2) is 0 Å². The van der Waals surface area contributed by atoms with Crippen molar-refractivity contribution in [2.24, 2.45) is 0 Å². The van der Waals surface area contributed by atoms with Crippen LogP contribution in [-0.2, 0) is 6.42 Å². The second-order valence-electron chi connectivity index (χ2n) is 2.98. The predicted molar refractivity (Wildman–Crippen MR) is 54.9 cm³/mol. The van der Waals surface area contributed by atoms with Crippen LogP contribution in [-0.4, -0.2) is 4.33 Å². The maximum atomic E-state index is 8.60. The molecule has 0 bridgehead atoms. The summed E-state index contributed by atoms with van der Waals surface area (Å²) in [5, 5.41) is 8.60. The molecule has 1 rings (SSSR count). The third kappa shape index (κ3) is 3.26. The number of nitrogens with zero attached hydrogens (tertiary/aromatic N) is 1. The molecule has 0 saturated carbocycles. The van der Waals surface area contributed by atoms with Crippen LogP contribution in [0.1, 0.15) is 11.1 Å². The molecule has 0 amide bonds. The van der Waals surface area contributed by atoms with Gasteiger partial charge in [0.2, 0.25) is 4.33 Å². The standard InChI is InChI=1S/C10H9Cl2N/c1-8-2-4-9(5-3-8)6-10(11,12)7-13/h2-5H,6H2,1H3. The molecule has 68 valence electrons. The van der Waals surface area contributed by atoms with Gasteiger partial charge < -0.3 is 0 Å². The normalized spacial score (nSPS) is 10.9. The largest absolute Gasteiger partial charge is 0.207 e. The van der Waals surface area contributed by atoms with Crippen molar-refractivity contribution in [3.05, 3.63) is 35.4 Å². The maximum Gasteiger partial charge on any atom is 0.207 e. The first-order chi connectivity index (χ1) is 6.03. The van der Waals surface area contributed by atoms with Gasteiger partial charge in [0.15, 0.2) is 0 Å². The van der Waals surface area contributed by atoms with Crippen LogP contribution in [0.3, 0.4) is 0 Å². The topological polar surface area (TPSA) is 23.8 Å². The molecule has 0 saturated heterocycles. The number of halogens is 2. The second-order valence-corrected chi connectivity index (χ2v) is 4.46. The molecule has 13 heavy (non-hydrogen) atoms. The molecule has 0 radical (unpaired) electrons. The summed E-state index contributed by atoms with van der Waals surface area (Å²) in [7, 11) is 0. The smallest absolute Gasteiger partial charge is 0.195 e. The van der Waals surface area contributed by atoms with Crippen molar-refractivity contribution in [1.82, 2.24) is 0 Å². The third-order valence-electron chi connectivity index (χ3n) is 1.71. The van der Waals surface area contributed by atoms with Crippen LogP contribution in [0.25, 0.3) is 0 Å². The average molecular weight is 214 g/mol. The zero-order valence-electron chi connectivity index (χ0n) is 7.22. The fourth-order valence-electron chi connectivity index (χ4n) is 1.00. The molecule has 0 atom stereocenters. The van der Waals surface area contributed by atoms with Crippen LogP contribution in [0, 0.1) is 18.3 Å². The molecule has 3 heteroatoms. The van der Waals surface area contributed by atoms with Crippen molar-refractivity contribution in [2.45, 2.75) is 17.7 Å². The molecular weight excluding hydrogens is 205 g/mol. The molecule has 0 aliphatic carbocycles. The Morgan fingerprint density at radius 1 is 1.31 bits per heavy atom. The summed E-state index contributed by atoms with van der Waals surface area (Å²) in [6, 6.07) is 9.62. The molecule has 0 aromatic heterocycles. The molecule has 0 aliphatic heterocycles.